The van der Waals surface area contributed by atoms with Crippen LogP contribution in [0, 0.1) is 0 Å². The van der Waals surface area contributed by atoms with Crippen LogP contribution in [0.15, 0.2) is 61.2 Å². The van der Waals surface area contributed by atoms with Gasteiger partial charge >= 0.3 is 0 Å². The Morgan fingerprint density at radius 1 is 0.941 bits per heavy atom. The zero-order valence-electron chi connectivity index (χ0n) is 8.99. The predicted octanol–water partition coefficient (Wildman–Crippen LogP) is 4.82. The van der Waals surface area contributed by atoms with Gasteiger partial charge in [-0.1, -0.05) is 49.7 Å². The molecule has 4 heteroatoms. The Hall–Kier alpha value is -0.290. The highest BCUT2D eigenvalue weighted by atomic mass is 79.9. The minimum atomic E-state index is 0.562. The van der Waals surface area contributed by atoms with Crippen LogP contribution in [-0.2, 0) is 6.54 Å². The van der Waals surface area contributed by atoms with Crippen LogP contribution in [0.4, 0.5) is 0 Å². The Bertz CT molecular complexity index is 511. The first-order chi connectivity index (χ1) is 8.19. The summed E-state index contributed by atoms with van der Waals surface area (Å²) in [6.07, 6.45) is 0. The van der Waals surface area contributed by atoms with Crippen LogP contribution < -0.4 is 5.73 Å². The molecule has 0 spiro atoms. The van der Waals surface area contributed by atoms with E-state index in [1.54, 1.807) is 11.8 Å². The Labute approximate surface area is 122 Å². The highest BCUT2D eigenvalue weighted by Gasteiger charge is 2.04. The van der Waals surface area contributed by atoms with Crippen LogP contribution in [-0.4, -0.2) is 0 Å². The van der Waals surface area contributed by atoms with Gasteiger partial charge in [-0.05, 0) is 42.0 Å². The summed E-state index contributed by atoms with van der Waals surface area (Å²) in [4.78, 5) is 2.41. The number of benzene rings is 2. The average Bonchev–Trinajstić information content (AvgIpc) is 2.32. The molecular formula is C13H11Br2NS. The van der Waals surface area contributed by atoms with Crippen LogP contribution in [0.5, 0.6) is 0 Å². The molecule has 88 valence electrons. The lowest BCUT2D eigenvalue weighted by Gasteiger charge is -2.08. The molecule has 0 saturated heterocycles. The number of hydrogen-bond acceptors (Lipinski definition) is 2. The highest BCUT2D eigenvalue weighted by Crippen LogP contribution is 2.33. The van der Waals surface area contributed by atoms with E-state index >= 15 is 0 Å². The molecule has 0 radical (unpaired) electrons. The largest absolute Gasteiger partial charge is 0.326 e. The third kappa shape index (κ3) is 3.58. The first kappa shape index (κ1) is 13.1. The molecule has 0 bridgehead atoms. The molecule has 0 aliphatic rings. The van der Waals surface area contributed by atoms with Crippen LogP contribution in [0.3, 0.4) is 0 Å². The SMILES string of the molecule is NCc1ccc(Br)cc1Sc1ccc(Br)cc1. The van der Waals surface area contributed by atoms with E-state index in [4.69, 9.17) is 5.73 Å². The topological polar surface area (TPSA) is 26.0 Å². The third-order valence-corrected chi connectivity index (χ3v) is 4.42. The Kier molecular flexibility index (Phi) is 4.68. The van der Waals surface area contributed by atoms with Crippen LogP contribution in [0.2, 0.25) is 0 Å². The van der Waals surface area contributed by atoms with Gasteiger partial charge in [-0.3, -0.25) is 0 Å². The van der Waals surface area contributed by atoms with Gasteiger partial charge in [0.25, 0.3) is 0 Å². The molecule has 2 N–H and O–H groups in total. The fourth-order valence-electron chi connectivity index (χ4n) is 1.42. The summed E-state index contributed by atoms with van der Waals surface area (Å²) in [5.74, 6) is 0. The fraction of sp³-hybridized carbons (Fsp3) is 0.0769. The van der Waals surface area contributed by atoms with Gasteiger partial charge in [0.2, 0.25) is 0 Å². The molecule has 0 unspecified atom stereocenters. The second kappa shape index (κ2) is 6.05. The zero-order valence-corrected chi connectivity index (χ0v) is 13.0. The first-order valence-electron chi connectivity index (χ1n) is 5.11. The Balaban J connectivity index is 2.28. The molecule has 0 aliphatic carbocycles. The molecule has 17 heavy (non-hydrogen) atoms. The Morgan fingerprint density at radius 3 is 2.24 bits per heavy atom. The molecular weight excluding hydrogens is 362 g/mol. The number of halogens is 2. The maximum absolute atomic E-state index is 5.74. The maximum atomic E-state index is 5.74. The second-order valence-electron chi connectivity index (χ2n) is 3.51. The molecule has 2 aromatic carbocycles. The summed E-state index contributed by atoms with van der Waals surface area (Å²) >= 11 is 8.65. The van der Waals surface area contributed by atoms with E-state index < -0.39 is 0 Å². The quantitative estimate of drug-likeness (QED) is 0.835. The summed E-state index contributed by atoms with van der Waals surface area (Å²) in [6.45, 7) is 0.562. The van der Waals surface area contributed by atoms with Gasteiger partial charge in [-0.15, -0.1) is 0 Å². The minimum Gasteiger partial charge on any atom is -0.326 e. The lowest BCUT2D eigenvalue weighted by molar-refractivity contribution is 1.02. The highest BCUT2D eigenvalue weighted by molar-refractivity contribution is 9.10. The molecule has 2 aromatic rings. The molecule has 0 atom stereocenters. The monoisotopic (exact) mass is 371 g/mol. The molecule has 1 nitrogen and oxygen atoms in total. The van der Waals surface area contributed by atoms with Gasteiger partial charge in [0.05, 0.1) is 0 Å². The van der Waals surface area contributed by atoms with Crippen molar-refractivity contribution in [1.29, 1.82) is 0 Å². The molecule has 0 fully saturated rings. The molecule has 0 heterocycles. The van der Waals surface area contributed by atoms with Crippen LogP contribution in [0.25, 0.3) is 0 Å². The molecule has 0 aliphatic heterocycles. The van der Waals surface area contributed by atoms with Crippen molar-refractivity contribution >= 4 is 43.6 Å². The second-order valence-corrected chi connectivity index (χ2v) is 6.46. The summed E-state index contributed by atoms with van der Waals surface area (Å²) in [6, 6.07) is 14.5. The summed E-state index contributed by atoms with van der Waals surface area (Å²) in [5, 5.41) is 0. The standard InChI is InChI=1S/C13H11Br2NS/c14-10-3-5-12(6-4-10)17-13-7-11(15)2-1-9(13)8-16/h1-7H,8,16H2. The molecule has 2 rings (SSSR count). The predicted molar refractivity (Wildman–Crippen MR) is 80.3 cm³/mol. The van der Waals surface area contributed by atoms with Crippen molar-refractivity contribution in [2.24, 2.45) is 5.73 Å². The lowest BCUT2D eigenvalue weighted by Crippen LogP contribution is -1.97. The number of hydrogen-bond donors (Lipinski definition) is 1. The van der Waals surface area contributed by atoms with Gasteiger partial charge in [0.1, 0.15) is 0 Å². The van der Waals surface area contributed by atoms with Crippen LogP contribution >= 0.6 is 43.6 Å². The van der Waals surface area contributed by atoms with Crippen molar-refractivity contribution < 1.29 is 0 Å². The summed E-state index contributed by atoms with van der Waals surface area (Å²) in [5.41, 5.74) is 6.91. The van der Waals surface area contributed by atoms with Crippen molar-refractivity contribution in [2.75, 3.05) is 0 Å². The van der Waals surface area contributed by atoms with Crippen molar-refractivity contribution in [2.45, 2.75) is 16.3 Å². The van der Waals surface area contributed by atoms with Crippen LogP contribution in [0.1, 0.15) is 5.56 Å². The fourth-order valence-corrected chi connectivity index (χ4v) is 3.19. The smallest absolute Gasteiger partial charge is 0.0189 e. The van der Waals surface area contributed by atoms with Gasteiger partial charge in [0.15, 0.2) is 0 Å². The van der Waals surface area contributed by atoms with Crippen molar-refractivity contribution in [3.63, 3.8) is 0 Å². The van der Waals surface area contributed by atoms with Crippen molar-refractivity contribution in [3.05, 3.63) is 57.0 Å². The number of rotatable bonds is 3. The molecule has 0 saturated carbocycles. The Morgan fingerprint density at radius 2 is 1.59 bits per heavy atom. The van der Waals surface area contributed by atoms with E-state index in [2.05, 4.69) is 56.1 Å². The minimum absolute atomic E-state index is 0.562. The van der Waals surface area contributed by atoms with Crippen molar-refractivity contribution in [1.82, 2.24) is 0 Å². The van der Waals surface area contributed by atoms with E-state index in [0.717, 1.165) is 8.95 Å². The van der Waals surface area contributed by atoms with Gasteiger partial charge in [0, 0.05) is 25.3 Å². The molecule has 0 amide bonds. The van der Waals surface area contributed by atoms with E-state index in [1.165, 1.54) is 15.4 Å². The molecule has 0 aromatic heterocycles. The maximum Gasteiger partial charge on any atom is 0.0189 e. The van der Waals surface area contributed by atoms with Gasteiger partial charge in [-0.2, -0.15) is 0 Å². The van der Waals surface area contributed by atoms with E-state index in [1.807, 2.05) is 18.2 Å². The van der Waals surface area contributed by atoms with E-state index in [0.29, 0.717) is 6.54 Å². The zero-order chi connectivity index (χ0) is 12.3. The normalized spacial score (nSPS) is 10.5. The van der Waals surface area contributed by atoms with Crippen molar-refractivity contribution in [3.8, 4) is 0 Å². The third-order valence-electron chi connectivity index (χ3n) is 2.29. The van der Waals surface area contributed by atoms with Gasteiger partial charge in [-0.25, -0.2) is 0 Å². The summed E-state index contributed by atoms with van der Waals surface area (Å²) < 4.78 is 2.17. The lowest BCUT2D eigenvalue weighted by atomic mass is 10.2. The number of nitrogens with two attached hydrogens (primary N) is 1. The van der Waals surface area contributed by atoms with Gasteiger partial charge < -0.3 is 5.73 Å². The van der Waals surface area contributed by atoms with E-state index in [-0.39, 0.29) is 0 Å². The summed E-state index contributed by atoms with van der Waals surface area (Å²) in [7, 11) is 0. The average molecular weight is 373 g/mol. The first-order valence-corrected chi connectivity index (χ1v) is 7.51. The van der Waals surface area contributed by atoms with E-state index in [9.17, 15) is 0 Å².